The van der Waals surface area contributed by atoms with Crippen LogP contribution in [0.2, 0.25) is 0 Å². The van der Waals surface area contributed by atoms with E-state index in [1.54, 1.807) is 0 Å². The van der Waals surface area contributed by atoms with Gasteiger partial charge >= 0.3 is 0 Å². The zero-order valence-electron chi connectivity index (χ0n) is 26.7. The van der Waals surface area contributed by atoms with Crippen molar-refractivity contribution in [3.63, 3.8) is 0 Å². The van der Waals surface area contributed by atoms with Crippen molar-refractivity contribution in [2.45, 2.75) is 79.8 Å². The first kappa shape index (κ1) is 30.6. The van der Waals surface area contributed by atoms with Gasteiger partial charge in [0.1, 0.15) is 6.61 Å². The maximum atomic E-state index is 14.0. The number of allylic oxidation sites excluding steroid dienone is 4. The molecule has 0 N–H and O–H groups in total. The normalized spacial score (nSPS) is 19.8. The molecule has 3 aromatic rings. The van der Waals surface area contributed by atoms with E-state index in [1.165, 1.54) is 5.39 Å². The van der Waals surface area contributed by atoms with Crippen LogP contribution in [-0.4, -0.2) is 29.6 Å². The van der Waals surface area contributed by atoms with Gasteiger partial charge in [-0.1, -0.05) is 70.2 Å². The Morgan fingerprint density at radius 2 is 1.43 bits per heavy atom. The molecule has 3 aliphatic rings. The summed E-state index contributed by atoms with van der Waals surface area (Å²) in [5.41, 5.74) is 5.39. The van der Waals surface area contributed by atoms with Gasteiger partial charge in [-0.05, 0) is 87.5 Å². The van der Waals surface area contributed by atoms with Crippen LogP contribution in [0.5, 0.6) is 11.5 Å². The average Bonchev–Trinajstić information content (AvgIpc) is 2.94. The molecule has 1 aliphatic heterocycles. The third-order valence-electron chi connectivity index (χ3n) is 9.26. The fourth-order valence-electron chi connectivity index (χ4n) is 7.49. The van der Waals surface area contributed by atoms with Gasteiger partial charge in [-0.25, -0.2) is 0 Å². The molecule has 0 amide bonds. The maximum Gasteiger partial charge on any atom is 0.175 e. The topological polar surface area (TPSA) is 55.8 Å². The number of Topliss-reactive ketones (excluding diaryl/α,β-unsaturated/α-hetero) is 2. The van der Waals surface area contributed by atoms with Crippen LogP contribution in [0, 0.1) is 10.8 Å². The van der Waals surface area contributed by atoms with E-state index in [4.69, 9.17) is 9.47 Å². The Balaban J connectivity index is 1.47. The van der Waals surface area contributed by atoms with Crippen molar-refractivity contribution in [1.82, 2.24) is 4.90 Å². The van der Waals surface area contributed by atoms with Crippen molar-refractivity contribution in [2.24, 2.45) is 10.8 Å². The number of rotatable bonds is 7. The van der Waals surface area contributed by atoms with Gasteiger partial charge in [0.15, 0.2) is 23.1 Å². The number of nitrogens with zero attached hydrogens (tertiary/aromatic N) is 1. The highest BCUT2D eigenvalue weighted by atomic mass is 79.9. The summed E-state index contributed by atoms with van der Waals surface area (Å²) in [5.74, 6) is 1.05. The standard InChI is InChI=1S/C38H42BrNO4/c1-7-40-28-18-37(3,4)20-30(41)34(28)33(35-29(40)19-38(5,6)21-31(35)42)25-16-27(39)36(32(17-25)43-8-2)44-22-24-14-11-13-23-12-9-10-15-26(23)24/h9-17,33H,7-8,18-22H2,1-6H3. The number of carbonyl (C=O) groups excluding carboxylic acids is 2. The second kappa shape index (κ2) is 11.5. The van der Waals surface area contributed by atoms with Gasteiger partial charge in [0.05, 0.1) is 11.1 Å². The van der Waals surface area contributed by atoms with E-state index >= 15 is 0 Å². The summed E-state index contributed by atoms with van der Waals surface area (Å²) in [6.45, 7) is 14.3. The number of ketones is 2. The Kier molecular flexibility index (Phi) is 8.02. The SMILES string of the molecule is CCOc1cc(C2C3=C(CC(C)(C)CC3=O)N(CC)C3=C2C(=O)CC(C)(C)C3)cc(Br)c1OCc1cccc2ccccc12. The monoisotopic (exact) mass is 655 g/mol. The van der Waals surface area contributed by atoms with E-state index < -0.39 is 5.92 Å². The zero-order chi connectivity index (χ0) is 31.4. The molecule has 230 valence electrons. The largest absolute Gasteiger partial charge is 0.490 e. The number of hydrogen-bond acceptors (Lipinski definition) is 5. The highest BCUT2D eigenvalue weighted by Crippen LogP contribution is 2.55. The Bertz CT molecular complexity index is 1670. The molecule has 6 heteroatoms. The quantitative estimate of drug-likeness (QED) is 0.254. The van der Waals surface area contributed by atoms with Gasteiger partial charge in [0.2, 0.25) is 0 Å². The summed E-state index contributed by atoms with van der Waals surface area (Å²) >= 11 is 3.81. The van der Waals surface area contributed by atoms with Crippen LogP contribution in [0.1, 0.15) is 84.3 Å². The molecule has 3 aromatic carbocycles. The molecular weight excluding hydrogens is 614 g/mol. The number of halogens is 1. The van der Waals surface area contributed by atoms with Crippen LogP contribution in [0.3, 0.4) is 0 Å². The van der Waals surface area contributed by atoms with Crippen molar-refractivity contribution >= 4 is 38.3 Å². The van der Waals surface area contributed by atoms with Crippen molar-refractivity contribution in [1.29, 1.82) is 0 Å². The second-order valence-corrected chi connectivity index (χ2v) is 14.8. The lowest BCUT2D eigenvalue weighted by molar-refractivity contribution is -0.119. The van der Waals surface area contributed by atoms with Gasteiger partial charge in [0.25, 0.3) is 0 Å². The van der Waals surface area contributed by atoms with Gasteiger partial charge in [-0.15, -0.1) is 0 Å². The summed E-state index contributed by atoms with van der Waals surface area (Å²) in [6, 6.07) is 18.6. The molecule has 0 saturated heterocycles. The average molecular weight is 657 g/mol. The van der Waals surface area contributed by atoms with Crippen LogP contribution in [-0.2, 0) is 16.2 Å². The molecule has 0 unspecified atom stereocenters. The van der Waals surface area contributed by atoms with Crippen LogP contribution in [0.15, 0.2) is 81.6 Å². The smallest absolute Gasteiger partial charge is 0.175 e. The maximum absolute atomic E-state index is 14.0. The Morgan fingerprint density at radius 1 is 0.818 bits per heavy atom. The molecule has 1 heterocycles. The van der Waals surface area contributed by atoms with E-state index in [9.17, 15) is 9.59 Å². The summed E-state index contributed by atoms with van der Waals surface area (Å²) in [7, 11) is 0. The van der Waals surface area contributed by atoms with E-state index in [1.807, 2.05) is 37.3 Å². The fourth-order valence-corrected chi connectivity index (χ4v) is 8.06. The first-order valence-electron chi connectivity index (χ1n) is 15.8. The van der Waals surface area contributed by atoms with Crippen molar-refractivity contribution in [3.8, 4) is 11.5 Å². The van der Waals surface area contributed by atoms with Gasteiger partial charge < -0.3 is 14.4 Å². The zero-order valence-corrected chi connectivity index (χ0v) is 28.3. The predicted molar refractivity (Wildman–Crippen MR) is 179 cm³/mol. The Morgan fingerprint density at radius 3 is 2.05 bits per heavy atom. The second-order valence-electron chi connectivity index (χ2n) is 14.0. The lowest BCUT2D eigenvalue weighted by Crippen LogP contribution is -2.44. The molecule has 44 heavy (non-hydrogen) atoms. The number of fused-ring (bicyclic) bond motifs is 1. The molecule has 2 aliphatic carbocycles. The first-order valence-corrected chi connectivity index (χ1v) is 16.6. The highest BCUT2D eigenvalue weighted by Gasteiger charge is 2.48. The van der Waals surface area contributed by atoms with Crippen LogP contribution in [0.25, 0.3) is 10.8 Å². The number of carbonyl (C=O) groups is 2. The summed E-state index contributed by atoms with van der Waals surface area (Å²) in [4.78, 5) is 30.4. The van der Waals surface area contributed by atoms with Gasteiger partial charge in [-0.2, -0.15) is 0 Å². The molecule has 0 atom stereocenters. The van der Waals surface area contributed by atoms with E-state index in [0.29, 0.717) is 37.6 Å². The van der Waals surface area contributed by atoms with Crippen molar-refractivity contribution in [2.75, 3.05) is 13.2 Å². The third kappa shape index (κ3) is 5.51. The fraction of sp³-hybridized carbons (Fsp3) is 0.421. The molecule has 0 radical (unpaired) electrons. The first-order chi connectivity index (χ1) is 20.9. The minimum atomic E-state index is -0.433. The molecule has 5 nitrogen and oxygen atoms in total. The molecule has 0 spiro atoms. The van der Waals surface area contributed by atoms with Crippen LogP contribution >= 0.6 is 15.9 Å². The summed E-state index contributed by atoms with van der Waals surface area (Å²) in [6.07, 6.45) is 2.53. The summed E-state index contributed by atoms with van der Waals surface area (Å²) < 4.78 is 13.4. The number of hydrogen-bond donors (Lipinski definition) is 0. The van der Waals surface area contributed by atoms with Crippen molar-refractivity contribution < 1.29 is 19.1 Å². The lowest BCUT2D eigenvalue weighted by atomic mass is 9.63. The number of benzene rings is 3. The molecular formula is C38H42BrNO4. The molecule has 6 rings (SSSR count). The van der Waals surface area contributed by atoms with Crippen LogP contribution < -0.4 is 9.47 Å². The van der Waals surface area contributed by atoms with E-state index in [0.717, 1.165) is 62.9 Å². The molecule has 0 saturated carbocycles. The molecule has 0 bridgehead atoms. The molecule has 0 fully saturated rings. The Labute approximate surface area is 269 Å². The van der Waals surface area contributed by atoms with Gasteiger partial charge in [-0.3, -0.25) is 9.59 Å². The van der Waals surface area contributed by atoms with Crippen LogP contribution in [0.4, 0.5) is 0 Å². The third-order valence-corrected chi connectivity index (χ3v) is 9.84. The summed E-state index contributed by atoms with van der Waals surface area (Å²) in [5, 5.41) is 2.32. The molecule has 0 aromatic heterocycles. The van der Waals surface area contributed by atoms with E-state index in [-0.39, 0.29) is 22.4 Å². The van der Waals surface area contributed by atoms with Gasteiger partial charge in [0, 0.05) is 47.8 Å². The minimum absolute atomic E-state index is 0.134. The lowest BCUT2D eigenvalue weighted by Gasteiger charge is -2.49. The van der Waals surface area contributed by atoms with Crippen molar-refractivity contribution in [3.05, 3.63) is 92.7 Å². The Hall–Kier alpha value is -3.38. The van der Waals surface area contributed by atoms with E-state index in [2.05, 4.69) is 79.7 Å². The predicted octanol–water partition coefficient (Wildman–Crippen LogP) is 9.29. The minimum Gasteiger partial charge on any atom is -0.490 e. The number of ether oxygens (including phenoxy) is 2. The highest BCUT2D eigenvalue weighted by molar-refractivity contribution is 9.10.